The number of primary amides is 1. The van der Waals surface area contributed by atoms with Crippen molar-refractivity contribution in [1.29, 1.82) is 0 Å². The van der Waals surface area contributed by atoms with Crippen molar-refractivity contribution in [2.24, 2.45) is 11.5 Å². The summed E-state index contributed by atoms with van der Waals surface area (Å²) in [6.07, 6.45) is -1.98. The molecule has 0 saturated heterocycles. The minimum absolute atomic E-state index is 0.169. The topological polar surface area (TPSA) is 120 Å². The number of carbonyl (C=O) groups is 1. The molecule has 5 N–H and O–H groups in total. The van der Waals surface area contributed by atoms with Crippen LogP contribution in [0.25, 0.3) is 11.1 Å². The Bertz CT molecular complexity index is 1040. The Balaban J connectivity index is 1.88. The zero-order valence-corrected chi connectivity index (χ0v) is 15.2. The molecule has 10 heteroatoms. The average molecular weight is 402 g/mol. The molecule has 0 saturated carbocycles. The minimum Gasteiger partial charge on any atom is -0.368 e. The van der Waals surface area contributed by atoms with Gasteiger partial charge in [-0.05, 0) is 42.3 Å². The van der Waals surface area contributed by atoms with E-state index in [-0.39, 0.29) is 5.95 Å². The third-order valence-corrected chi connectivity index (χ3v) is 4.02. The summed E-state index contributed by atoms with van der Waals surface area (Å²) in [7, 11) is 0. The van der Waals surface area contributed by atoms with Gasteiger partial charge in [-0.25, -0.2) is 9.97 Å². The Morgan fingerprint density at radius 1 is 1.10 bits per heavy atom. The molecule has 1 atom stereocenters. The molecule has 0 fully saturated rings. The molecule has 0 aliphatic rings. The van der Waals surface area contributed by atoms with Crippen LogP contribution in [-0.4, -0.2) is 20.9 Å². The lowest BCUT2D eigenvalue weighted by atomic mass is 10.0. The smallest absolute Gasteiger partial charge is 0.368 e. The summed E-state index contributed by atoms with van der Waals surface area (Å²) in [6.45, 7) is 1.84. The highest BCUT2D eigenvalue weighted by Gasteiger charge is 2.32. The summed E-state index contributed by atoms with van der Waals surface area (Å²) in [6, 6.07) is 8.47. The van der Waals surface area contributed by atoms with Gasteiger partial charge in [0.05, 0.1) is 5.69 Å². The number of carbonyl (C=O) groups excluding carboxylic acids is 1. The summed E-state index contributed by atoms with van der Waals surface area (Å²) in [5.74, 6) is -0.856. The number of halogens is 3. The summed E-state index contributed by atoms with van der Waals surface area (Å²) < 4.78 is 38.5. The number of hydrogen-bond acceptors (Lipinski definition) is 6. The summed E-state index contributed by atoms with van der Waals surface area (Å²) >= 11 is 0. The fraction of sp³-hybridized carbons (Fsp3) is 0.158. The van der Waals surface area contributed by atoms with E-state index in [0.717, 1.165) is 29.0 Å². The highest BCUT2D eigenvalue weighted by atomic mass is 19.4. The lowest BCUT2D eigenvalue weighted by Crippen LogP contribution is -2.28. The second kappa shape index (κ2) is 7.84. The predicted octanol–water partition coefficient (Wildman–Crippen LogP) is 3.09. The van der Waals surface area contributed by atoms with Crippen LogP contribution in [0.1, 0.15) is 23.0 Å². The molecule has 150 valence electrons. The molecule has 0 radical (unpaired) electrons. The van der Waals surface area contributed by atoms with Gasteiger partial charge in [-0.15, -0.1) is 0 Å². The third-order valence-electron chi connectivity index (χ3n) is 4.02. The van der Waals surface area contributed by atoms with E-state index in [4.69, 9.17) is 11.5 Å². The average Bonchev–Trinajstić information content (AvgIpc) is 2.66. The summed E-state index contributed by atoms with van der Waals surface area (Å²) in [4.78, 5) is 22.7. The maximum Gasteiger partial charge on any atom is 0.433 e. The van der Waals surface area contributed by atoms with E-state index in [1.54, 1.807) is 24.3 Å². The van der Waals surface area contributed by atoms with Crippen molar-refractivity contribution in [3.8, 4) is 11.1 Å². The molecule has 0 aliphatic carbocycles. The number of aromatic nitrogens is 3. The van der Waals surface area contributed by atoms with E-state index in [2.05, 4.69) is 20.3 Å². The molecule has 1 unspecified atom stereocenters. The van der Waals surface area contributed by atoms with Crippen LogP contribution < -0.4 is 16.8 Å². The number of nitrogens with one attached hydrogen (secondary N) is 1. The van der Waals surface area contributed by atoms with Gasteiger partial charge in [0.25, 0.3) is 0 Å². The fourth-order valence-corrected chi connectivity index (χ4v) is 2.63. The molecule has 7 nitrogen and oxygen atoms in total. The first-order valence-corrected chi connectivity index (χ1v) is 8.43. The van der Waals surface area contributed by atoms with E-state index in [0.29, 0.717) is 11.4 Å². The largest absolute Gasteiger partial charge is 0.433 e. The molecule has 2 aromatic heterocycles. The minimum atomic E-state index is -4.56. The number of rotatable bonds is 5. The lowest BCUT2D eigenvalue weighted by molar-refractivity contribution is -0.141. The Morgan fingerprint density at radius 3 is 2.48 bits per heavy atom. The Labute approximate surface area is 164 Å². The van der Waals surface area contributed by atoms with E-state index < -0.39 is 23.8 Å². The number of nitrogens with zero attached hydrogens (tertiary/aromatic N) is 3. The number of nitrogens with two attached hydrogens (primary N) is 2. The standard InChI is InChI=1S/C19H17F3N6O/c1-10-6-12(11-2-3-14(26-9-11)16(23)17(24)29)8-13(7-10)27-18-25-5-4-15(28-18)19(20,21)22/h2-9,16H,23H2,1H3,(H2,24,29)(H,25,27,28). The van der Waals surface area contributed by atoms with Gasteiger partial charge >= 0.3 is 6.18 Å². The van der Waals surface area contributed by atoms with Crippen LogP contribution in [0, 0.1) is 6.92 Å². The number of anilines is 2. The van der Waals surface area contributed by atoms with Gasteiger partial charge in [-0.1, -0.05) is 12.1 Å². The van der Waals surface area contributed by atoms with E-state index in [1.807, 2.05) is 13.0 Å². The predicted molar refractivity (Wildman–Crippen MR) is 101 cm³/mol. The maximum absolute atomic E-state index is 12.8. The maximum atomic E-state index is 12.8. The number of alkyl halides is 3. The molecule has 0 spiro atoms. The van der Waals surface area contributed by atoms with Gasteiger partial charge in [-0.2, -0.15) is 13.2 Å². The zero-order chi connectivity index (χ0) is 21.2. The monoisotopic (exact) mass is 402 g/mol. The van der Waals surface area contributed by atoms with E-state index >= 15 is 0 Å². The number of pyridine rings is 1. The molecular weight excluding hydrogens is 385 g/mol. The quantitative estimate of drug-likeness (QED) is 0.603. The molecular formula is C19H17F3N6O. The molecule has 3 aromatic rings. The number of hydrogen-bond donors (Lipinski definition) is 3. The van der Waals surface area contributed by atoms with Gasteiger partial charge in [0.15, 0.2) is 0 Å². The SMILES string of the molecule is Cc1cc(Nc2nccc(C(F)(F)F)n2)cc(-c2ccc(C(N)C(N)=O)nc2)c1. The van der Waals surface area contributed by atoms with Crippen LogP contribution in [0.4, 0.5) is 24.8 Å². The van der Waals surface area contributed by atoms with Crippen molar-refractivity contribution in [3.63, 3.8) is 0 Å². The van der Waals surface area contributed by atoms with Crippen molar-refractivity contribution in [2.75, 3.05) is 5.32 Å². The van der Waals surface area contributed by atoms with Crippen LogP contribution in [0.3, 0.4) is 0 Å². The van der Waals surface area contributed by atoms with Crippen molar-refractivity contribution in [3.05, 3.63) is 65.7 Å². The van der Waals surface area contributed by atoms with Crippen LogP contribution in [0.2, 0.25) is 0 Å². The molecule has 29 heavy (non-hydrogen) atoms. The van der Waals surface area contributed by atoms with Crippen LogP contribution in [-0.2, 0) is 11.0 Å². The molecule has 1 aromatic carbocycles. The first-order valence-electron chi connectivity index (χ1n) is 8.43. The van der Waals surface area contributed by atoms with Gasteiger partial charge in [0.1, 0.15) is 11.7 Å². The Kier molecular flexibility index (Phi) is 5.46. The lowest BCUT2D eigenvalue weighted by Gasteiger charge is -2.12. The molecule has 0 bridgehead atoms. The Morgan fingerprint density at radius 2 is 1.86 bits per heavy atom. The molecule has 2 heterocycles. The first-order chi connectivity index (χ1) is 13.6. The normalized spacial score (nSPS) is 12.4. The first kappa shape index (κ1) is 20.2. The molecule has 3 rings (SSSR count). The number of benzene rings is 1. The van der Waals surface area contributed by atoms with Crippen molar-refractivity contribution < 1.29 is 18.0 Å². The Hall–Kier alpha value is -3.53. The second-order valence-electron chi connectivity index (χ2n) is 6.33. The van der Waals surface area contributed by atoms with Crippen molar-refractivity contribution in [1.82, 2.24) is 15.0 Å². The van der Waals surface area contributed by atoms with E-state index in [9.17, 15) is 18.0 Å². The van der Waals surface area contributed by atoms with Gasteiger partial charge in [-0.3, -0.25) is 9.78 Å². The highest BCUT2D eigenvalue weighted by Crippen LogP contribution is 2.29. The molecule has 1 amide bonds. The van der Waals surface area contributed by atoms with E-state index in [1.165, 1.54) is 6.20 Å². The van der Waals surface area contributed by atoms with Crippen LogP contribution in [0.5, 0.6) is 0 Å². The van der Waals surface area contributed by atoms with Gasteiger partial charge in [0, 0.05) is 23.6 Å². The van der Waals surface area contributed by atoms with Crippen LogP contribution >= 0.6 is 0 Å². The number of amides is 1. The summed E-state index contributed by atoms with van der Waals surface area (Å²) in [5.41, 5.74) is 13.0. The number of aryl methyl sites for hydroxylation is 1. The third kappa shape index (κ3) is 4.85. The van der Waals surface area contributed by atoms with Gasteiger partial charge in [0.2, 0.25) is 11.9 Å². The van der Waals surface area contributed by atoms with Crippen LogP contribution in [0.15, 0.2) is 48.8 Å². The van der Waals surface area contributed by atoms with Gasteiger partial charge < -0.3 is 16.8 Å². The highest BCUT2D eigenvalue weighted by molar-refractivity contribution is 5.80. The fourth-order valence-electron chi connectivity index (χ4n) is 2.63. The van der Waals surface area contributed by atoms with Crippen molar-refractivity contribution in [2.45, 2.75) is 19.1 Å². The van der Waals surface area contributed by atoms with Crippen molar-refractivity contribution >= 4 is 17.5 Å². The molecule has 0 aliphatic heterocycles. The summed E-state index contributed by atoms with van der Waals surface area (Å²) in [5, 5.41) is 2.79. The second-order valence-corrected chi connectivity index (χ2v) is 6.33. The zero-order valence-electron chi connectivity index (χ0n) is 15.2.